The van der Waals surface area contributed by atoms with Gasteiger partial charge >= 0.3 is 0 Å². The zero-order valence-electron chi connectivity index (χ0n) is 13.6. The van der Waals surface area contributed by atoms with E-state index in [1.807, 2.05) is 67.6 Å². The molecule has 1 amide bonds. The maximum Gasteiger partial charge on any atom is 0.266 e. The normalized spacial score (nSPS) is 17.8. The summed E-state index contributed by atoms with van der Waals surface area (Å²) in [5, 5.41) is 0.673. The lowest BCUT2D eigenvalue weighted by Gasteiger charge is -2.07. The third-order valence-electron chi connectivity index (χ3n) is 3.49. The molecule has 0 radical (unpaired) electrons. The lowest BCUT2D eigenvalue weighted by atomic mass is 10.2. The Morgan fingerprint density at radius 3 is 2.58 bits per heavy atom. The number of nitrogens with zero attached hydrogens (tertiary/aromatic N) is 2. The van der Waals surface area contributed by atoms with Crippen LogP contribution in [-0.2, 0) is 4.79 Å². The first-order chi connectivity index (χ1) is 11.7. The Hall–Kier alpha value is -2.53. The average Bonchev–Trinajstić information content (AvgIpc) is 2.86. The van der Waals surface area contributed by atoms with E-state index in [2.05, 4.69) is 4.99 Å². The summed E-state index contributed by atoms with van der Waals surface area (Å²) in [7, 11) is 1.74. The van der Waals surface area contributed by atoms with Crippen molar-refractivity contribution >= 4 is 34.6 Å². The molecule has 5 heteroatoms. The van der Waals surface area contributed by atoms with Crippen LogP contribution in [0.3, 0.4) is 0 Å². The number of likely N-dealkylation sites (N-methyl/N-ethyl adjacent to an activating group) is 1. The van der Waals surface area contributed by atoms with E-state index in [0.717, 1.165) is 17.0 Å². The molecule has 1 heterocycles. The maximum atomic E-state index is 12.5. The fourth-order valence-corrected chi connectivity index (χ4v) is 3.27. The van der Waals surface area contributed by atoms with Gasteiger partial charge in [0.1, 0.15) is 5.75 Å². The molecule has 4 nitrogen and oxygen atoms in total. The molecule has 1 fully saturated rings. The van der Waals surface area contributed by atoms with E-state index in [9.17, 15) is 4.79 Å². The summed E-state index contributed by atoms with van der Waals surface area (Å²) in [5.41, 5.74) is 1.72. The Balaban J connectivity index is 1.91. The number of aliphatic imine (C=N–C) groups is 1. The second-order valence-corrected chi connectivity index (χ2v) is 6.18. The molecule has 0 unspecified atom stereocenters. The number of amidine groups is 1. The Morgan fingerprint density at radius 2 is 1.83 bits per heavy atom. The lowest BCUT2D eigenvalue weighted by Crippen LogP contribution is -2.23. The summed E-state index contributed by atoms with van der Waals surface area (Å²) in [5.74, 6) is 0.720. The van der Waals surface area contributed by atoms with Gasteiger partial charge in [0.05, 0.1) is 17.2 Å². The number of hydrogen-bond acceptors (Lipinski definition) is 4. The van der Waals surface area contributed by atoms with Gasteiger partial charge in [-0.1, -0.05) is 36.4 Å². The van der Waals surface area contributed by atoms with Gasteiger partial charge in [0, 0.05) is 12.6 Å². The predicted octanol–water partition coefficient (Wildman–Crippen LogP) is 4.32. The molecular formula is C19H18N2O2S. The van der Waals surface area contributed by atoms with Gasteiger partial charge in [-0.15, -0.1) is 0 Å². The Kier molecular flexibility index (Phi) is 5.01. The number of ether oxygens (including phenoxy) is 1. The van der Waals surface area contributed by atoms with Gasteiger partial charge in [0.2, 0.25) is 0 Å². The van der Waals surface area contributed by atoms with Crippen LogP contribution in [0.25, 0.3) is 6.08 Å². The summed E-state index contributed by atoms with van der Waals surface area (Å²) < 4.78 is 5.62. The van der Waals surface area contributed by atoms with Crippen LogP contribution in [0.1, 0.15) is 12.5 Å². The Labute approximate surface area is 145 Å². The van der Waals surface area contributed by atoms with Crippen molar-refractivity contribution in [1.82, 2.24) is 4.90 Å². The van der Waals surface area contributed by atoms with E-state index in [4.69, 9.17) is 4.74 Å². The van der Waals surface area contributed by atoms with Crippen LogP contribution in [-0.4, -0.2) is 29.6 Å². The van der Waals surface area contributed by atoms with Gasteiger partial charge in [-0.05, 0) is 43.0 Å². The highest BCUT2D eigenvalue weighted by Gasteiger charge is 2.30. The number of para-hydroxylation sites is 2. The monoisotopic (exact) mass is 338 g/mol. The minimum absolute atomic E-state index is 0.0546. The second-order valence-electron chi connectivity index (χ2n) is 5.18. The molecule has 0 N–H and O–H groups in total. The van der Waals surface area contributed by atoms with E-state index in [1.54, 1.807) is 11.9 Å². The number of carbonyl (C=O) groups excluding carboxylic acids is 1. The molecule has 24 heavy (non-hydrogen) atoms. The molecule has 0 bridgehead atoms. The van der Waals surface area contributed by atoms with Crippen LogP contribution in [0.5, 0.6) is 5.75 Å². The number of amides is 1. The van der Waals surface area contributed by atoms with Crippen molar-refractivity contribution in [1.29, 1.82) is 0 Å². The first-order valence-corrected chi connectivity index (χ1v) is 8.54. The molecule has 2 aromatic carbocycles. The van der Waals surface area contributed by atoms with Gasteiger partial charge < -0.3 is 4.74 Å². The molecular weight excluding hydrogens is 320 g/mol. The maximum absolute atomic E-state index is 12.5. The van der Waals surface area contributed by atoms with E-state index in [-0.39, 0.29) is 5.91 Å². The smallest absolute Gasteiger partial charge is 0.266 e. The highest BCUT2D eigenvalue weighted by Crippen LogP contribution is 2.34. The van der Waals surface area contributed by atoms with E-state index in [0.29, 0.717) is 16.7 Å². The molecule has 1 saturated heterocycles. The standard InChI is InChI=1S/C19H18N2O2S/c1-3-23-16-12-8-7-9-14(16)13-17-18(22)21(2)19(24-17)20-15-10-5-4-6-11-15/h4-13H,3H2,1-2H3/b17-13-,20-19?. The molecule has 0 spiro atoms. The summed E-state index contributed by atoms with van der Waals surface area (Å²) in [6, 6.07) is 17.3. The van der Waals surface area contributed by atoms with Crippen LogP contribution >= 0.6 is 11.8 Å². The number of carbonyl (C=O) groups is 1. The number of thioether (sulfide) groups is 1. The molecule has 0 aromatic heterocycles. The predicted molar refractivity (Wildman–Crippen MR) is 99.5 cm³/mol. The molecule has 0 atom stereocenters. The van der Waals surface area contributed by atoms with Gasteiger partial charge in [-0.3, -0.25) is 9.69 Å². The van der Waals surface area contributed by atoms with Gasteiger partial charge in [-0.25, -0.2) is 4.99 Å². The summed E-state index contributed by atoms with van der Waals surface area (Å²) >= 11 is 1.38. The number of benzene rings is 2. The minimum Gasteiger partial charge on any atom is -0.493 e. The minimum atomic E-state index is -0.0546. The van der Waals surface area contributed by atoms with Gasteiger partial charge in [-0.2, -0.15) is 0 Å². The van der Waals surface area contributed by atoms with Crippen molar-refractivity contribution in [2.75, 3.05) is 13.7 Å². The van der Waals surface area contributed by atoms with Crippen molar-refractivity contribution in [2.45, 2.75) is 6.92 Å². The molecule has 0 aliphatic carbocycles. The molecule has 1 aliphatic heterocycles. The fourth-order valence-electron chi connectivity index (χ4n) is 2.29. The number of rotatable bonds is 4. The van der Waals surface area contributed by atoms with Gasteiger partial charge in [0.25, 0.3) is 5.91 Å². The van der Waals surface area contributed by atoms with E-state index < -0.39 is 0 Å². The topological polar surface area (TPSA) is 41.9 Å². The van der Waals surface area contributed by atoms with Gasteiger partial charge in [0.15, 0.2) is 5.17 Å². The van der Waals surface area contributed by atoms with Crippen LogP contribution < -0.4 is 4.74 Å². The van der Waals surface area contributed by atoms with Crippen LogP contribution in [0.15, 0.2) is 64.5 Å². The summed E-state index contributed by atoms with van der Waals surface area (Å²) in [6.45, 7) is 2.53. The zero-order valence-corrected chi connectivity index (χ0v) is 14.4. The average molecular weight is 338 g/mol. The molecule has 3 rings (SSSR count). The molecule has 1 aliphatic rings. The number of hydrogen-bond donors (Lipinski definition) is 0. The molecule has 122 valence electrons. The first kappa shape index (κ1) is 16.3. The lowest BCUT2D eigenvalue weighted by molar-refractivity contribution is -0.121. The molecule has 0 saturated carbocycles. The second kappa shape index (κ2) is 7.36. The highest BCUT2D eigenvalue weighted by molar-refractivity contribution is 8.18. The van der Waals surface area contributed by atoms with Crippen molar-refractivity contribution in [3.05, 3.63) is 65.1 Å². The summed E-state index contributed by atoms with van der Waals surface area (Å²) in [6.07, 6.45) is 1.86. The van der Waals surface area contributed by atoms with Crippen molar-refractivity contribution < 1.29 is 9.53 Å². The highest BCUT2D eigenvalue weighted by atomic mass is 32.2. The first-order valence-electron chi connectivity index (χ1n) is 7.72. The largest absolute Gasteiger partial charge is 0.493 e. The van der Waals surface area contributed by atoms with Crippen molar-refractivity contribution in [3.63, 3.8) is 0 Å². The van der Waals surface area contributed by atoms with Crippen LogP contribution in [0.4, 0.5) is 5.69 Å². The Bertz CT molecular complexity index is 800. The van der Waals surface area contributed by atoms with Crippen LogP contribution in [0, 0.1) is 0 Å². The van der Waals surface area contributed by atoms with Crippen molar-refractivity contribution in [3.8, 4) is 5.75 Å². The zero-order chi connectivity index (χ0) is 16.9. The van der Waals surface area contributed by atoms with E-state index in [1.165, 1.54) is 11.8 Å². The fraction of sp³-hybridized carbons (Fsp3) is 0.158. The third-order valence-corrected chi connectivity index (χ3v) is 4.55. The SMILES string of the molecule is CCOc1ccccc1/C=C1\SC(=Nc2ccccc2)N(C)C1=O. The van der Waals surface area contributed by atoms with E-state index >= 15 is 0 Å². The quantitative estimate of drug-likeness (QED) is 0.780. The molecule has 2 aromatic rings. The summed E-state index contributed by atoms with van der Waals surface area (Å²) in [4.78, 5) is 19.3. The van der Waals surface area contributed by atoms with Crippen LogP contribution in [0.2, 0.25) is 0 Å². The van der Waals surface area contributed by atoms with Crippen molar-refractivity contribution in [2.24, 2.45) is 4.99 Å². The Morgan fingerprint density at radius 1 is 1.12 bits per heavy atom. The third kappa shape index (κ3) is 3.51.